The SMILES string of the molecule is CC[C@H](C(=O)NC(C)(C)C)N(Cc1ccccc1)C(=O)CCCN1c2cccc3cccc(c23)S1(=O)=O. The van der Waals surface area contributed by atoms with E-state index < -0.39 is 21.6 Å². The second-order valence-corrected chi connectivity index (χ2v) is 12.3. The maximum absolute atomic E-state index is 13.5. The minimum Gasteiger partial charge on any atom is -0.350 e. The van der Waals surface area contributed by atoms with Crippen molar-refractivity contribution in [2.45, 2.75) is 70.0 Å². The first-order valence-electron chi connectivity index (χ1n) is 12.7. The predicted octanol–water partition coefficient (Wildman–Crippen LogP) is 4.85. The van der Waals surface area contributed by atoms with Gasteiger partial charge < -0.3 is 10.2 Å². The lowest BCUT2D eigenvalue weighted by atomic mass is 10.0. The van der Waals surface area contributed by atoms with Crippen LogP contribution in [0.2, 0.25) is 0 Å². The van der Waals surface area contributed by atoms with Crippen LogP contribution in [-0.2, 0) is 26.2 Å². The highest BCUT2D eigenvalue weighted by molar-refractivity contribution is 7.93. The summed E-state index contributed by atoms with van der Waals surface area (Å²) < 4.78 is 27.9. The van der Waals surface area contributed by atoms with Gasteiger partial charge in [0.2, 0.25) is 11.8 Å². The summed E-state index contributed by atoms with van der Waals surface area (Å²) >= 11 is 0. The second-order valence-electron chi connectivity index (χ2n) is 10.5. The molecule has 4 rings (SSSR count). The molecule has 0 spiro atoms. The molecule has 0 aliphatic carbocycles. The van der Waals surface area contributed by atoms with E-state index in [0.29, 0.717) is 30.0 Å². The van der Waals surface area contributed by atoms with Crippen LogP contribution < -0.4 is 9.62 Å². The van der Waals surface area contributed by atoms with Crippen LogP contribution in [-0.4, -0.2) is 43.3 Å². The van der Waals surface area contributed by atoms with E-state index in [4.69, 9.17) is 0 Å². The van der Waals surface area contributed by atoms with Crippen LogP contribution in [0.4, 0.5) is 5.69 Å². The van der Waals surface area contributed by atoms with E-state index in [1.54, 1.807) is 17.0 Å². The van der Waals surface area contributed by atoms with Crippen molar-refractivity contribution in [2.24, 2.45) is 0 Å². The molecule has 0 bridgehead atoms. The first-order chi connectivity index (χ1) is 17.5. The van der Waals surface area contributed by atoms with Gasteiger partial charge in [0.15, 0.2) is 0 Å². The van der Waals surface area contributed by atoms with Crippen molar-refractivity contribution in [1.82, 2.24) is 10.2 Å². The molecule has 1 aliphatic rings. The topological polar surface area (TPSA) is 86.8 Å². The van der Waals surface area contributed by atoms with Crippen LogP contribution in [0.3, 0.4) is 0 Å². The van der Waals surface area contributed by atoms with Gasteiger partial charge in [0.1, 0.15) is 6.04 Å². The maximum atomic E-state index is 13.5. The molecule has 3 aromatic carbocycles. The van der Waals surface area contributed by atoms with Gasteiger partial charge in [-0.2, -0.15) is 0 Å². The lowest BCUT2D eigenvalue weighted by Crippen LogP contribution is -2.53. The Balaban J connectivity index is 1.52. The summed E-state index contributed by atoms with van der Waals surface area (Å²) in [4.78, 5) is 28.6. The zero-order chi connectivity index (χ0) is 26.8. The number of anilines is 1. The zero-order valence-corrected chi connectivity index (χ0v) is 22.7. The molecule has 1 atom stereocenters. The number of hydrogen-bond donors (Lipinski definition) is 1. The van der Waals surface area contributed by atoms with Crippen LogP contribution >= 0.6 is 0 Å². The van der Waals surface area contributed by atoms with E-state index in [9.17, 15) is 18.0 Å². The van der Waals surface area contributed by atoms with Crippen molar-refractivity contribution in [3.05, 3.63) is 72.3 Å². The Bertz CT molecular complexity index is 1390. The monoisotopic (exact) mass is 521 g/mol. The quantitative estimate of drug-likeness (QED) is 0.436. The van der Waals surface area contributed by atoms with Crippen molar-refractivity contribution in [2.75, 3.05) is 10.8 Å². The Morgan fingerprint density at radius 1 is 0.973 bits per heavy atom. The largest absolute Gasteiger partial charge is 0.350 e. The third kappa shape index (κ3) is 5.64. The minimum atomic E-state index is -3.68. The first-order valence-corrected chi connectivity index (χ1v) is 14.2. The molecule has 1 heterocycles. The molecule has 196 valence electrons. The molecule has 0 aromatic heterocycles. The van der Waals surface area contributed by atoms with Gasteiger partial charge >= 0.3 is 0 Å². The molecule has 0 fully saturated rings. The van der Waals surface area contributed by atoms with Crippen LogP contribution in [0.5, 0.6) is 0 Å². The molecule has 0 saturated heterocycles. The van der Waals surface area contributed by atoms with Crippen LogP contribution in [0.1, 0.15) is 52.5 Å². The molecule has 37 heavy (non-hydrogen) atoms. The normalized spacial score (nSPS) is 15.0. The number of amides is 2. The van der Waals surface area contributed by atoms with Crippen molar-refractivity contribution in [3.8, 4) is 0 Å². The van der Waals surface area contributed by atoms with Crippen molar-refractivity contribution < 1.29 is 18.0 Å². The van der Waals surface area contributed by atoms with Gasteiger partial charge in [0, 0.05) is 30.4 Å². The maximum Gasteiger partial charge on any atom is 0.265 e. The summed E-state index contributed by atoms with van der Waals surface area (Å²) in [6.45, 7) is 8.13. The Hall–Kier alpha value is -3.39. The van der Waals surface area contributed by atoms with E-state index in [1.165, 1.54) is 4.31 Å². The number of nitrogens with zero attached hydrogens (tertiary/aromatic N) is 2. The van der Waals surface area contributed by atoms with Crippen molar-refractivity contribution >= 4 is 38.3 Å². The number of rotatable bonds is 9. The third-order valence-electron chi connectivity index (χ3n) is 6.51. The van der Waals surface area contributed by atoms with Gasteiger partial charge in [-0.25, -0.2) is 8.42 Å². The standard InChI is InChI=1S/C29H35N3O4S/c1-5-23(28(34)30-29(2,3)4)31(20-21-12-7-6-8-13-21)26(33)18-11-19-32-24-16-9-14-22-15-10-17-25(27(22)24)37(32,35)36/h6-10,12-17,23H,5,11,18-20H2,1-4H3,(H,30,34)/t23-/m1/s1. The minimum absolute atomic E-state index is 0.129. The Labute approximate surface area is 219 Å². The molecule has 3 aromatic rings. The fourth-order valence-electron chi connectivity index (χ4n) is 4.87. The van der Waals surface area contributed by atoms with Gasteiger partial charge in [-0.1, -0.05) is 61.5 Å². The number of sulfonamides is 1. The second kappa shape index (κ2) is 10.5. The van der Waals surface area contributed by atoms with E-state index in [0.717, 1.165) is 16.3 Å². The van der Waals surface area contributed by atoms with Gasteiger partial charge in [0.05, 0.1) is 10.6 Å². The number of benzene rings is 3. The lowest BCUT2D eigenvalue weighted by Gasteiger charge is -2.33. The Morgan fingerprint density at radius 3 is 2.30 bits per heavy atom. The first kappa shape index (κ1) is 26.7. The van der Waals surface area contributed by atoms with E-state index in [2.05, 4.69) is 5.32 Å². The molecule has 1 N–H and O–H groups in total. The molecule has 8 heteroatoms. The van der Waals surface area contributed by atoms with Crippen molar-refractivity contribution in [3.63, 3.8) is 0 Å². The highest BCUT2D eigenvalue weighted by Gasteiger charge is 2.36. The molecule has 1 aliphatic heterocycles. The summed E-state index contributed by atoms with van der Waals surface area (Å²) in [6, 6.07) is 19.8. The summed E-state index contributed by atoms with van der Waals surface area (Å²) in [5, 5.41) is 4.61. The molecule has 7 nitrogen and oxygen atoms in total. The molecule has 0 radical (unpaired) electrons. The van der Waals surface area contributed by atoms with Crippen LogP contribution in [0.25, 0.3) is 10.8 Å². The number of carbonyl (C=O) groups is 2. The fraction of sp³-hybridized carbons (Fsp3) is 0.379. The predicted molar refractivity (Wildman–Crippen MR) is 147 cm³/mol. The highest BCUT2D eigenvalue weighted by Crippen LogP contribution is 2.42. The van der Waals surface area contributed by atoms with Gasteiger partial charge in [-0.3, -0.25) is 13.9 Å². The summed E-state index contributed by atoms with van der Waals surface area (Å²) in [7, 11) is -3.68. The van der Waals surface area contributed by atoms with E-state index in [-0.39, 0.29) is 24.8 Å². The summed E-state index contributed by atoms with van der Waals surface area (Å²) in [5.74, 6) is -0.365. The lowest BCUT2D eigenvalue weighted by molar-refractivity contribution is -0.142. The van der Waals surface area contributed by atoms with Gasteiger partial charge in [0.25, 0.3) is 10.0 Å². The van der Waals surface area contributed by atoms with E-state index in [1.807, 2.05) is 82.3 Å². The average molecular weight is 522 g/mol. The van der Waals surface area contributed by atoms with Crippen LogP contribution in [0, 0.1) is 0 Å². The van der Waals surface area contributed by atoms with Crippen LogP contribution in [0.15, 0.2) is 71.6 Å². The molecule has 0 saturated carbocycles. The van der Waals surface area contributed by atoms with Gasteiger partial charge in [-0.05, 0) is 56.7 Å². The smallest absolute Gasteiger partial charge is 0.265 e. The number of carbonyl (C=O) groups excluding carboxylic acids is 2. The fourth-order valence-corrected chi connectivity index (χ4v) is 6.62. The number of nitrogens with one attached hydrogen (secondary N) is 1. The molecular weight excluding hydrogens is 486 g/mol. The van der Waals surface area contributed by atoms with E-state index >= 15 is 0 Å². The summed E-state index contributed by atoms with van der Waals surface area (Å²) in [6.07, 6.45) is 0.938. The summed E-state index contributed by atoms with van der Waals surface area (Å²) in [5.41, 5.74) is 1.16. The third-order valence-corrected chi connectivity index (χ3v) is 8.37. The average Bonchev–Trinajstić information content (AvgIpc) is 3.06. The Kier molecular flexibility index (Phi) is 7.59. The number of hydrogen-bond acceptors (Lipinski definition) is 4. The molecular formula is C29H35N3O4S. The van der Waals surface area contributed by atoms with Crippen molar-refractivity contribution in [1.29, 1.82) is 0 Å². The molecule has 2 amide bonds. The zero-order valence-electron chi connectivity index (χ0n) is 21.9. The Morgan fingerprint density at radius 2 is 1.65 bits per heavy atom. The highest BCUT2D eigenvalue weighted by atomic mass is 32.2. The van der Waals surface area contributed by atoms with Gasteiger partial charge in [-0.15, -0.1) is 0 Å². The molecule has 0 unspecified atom stereocenters.